The van der Waals surface area contributed by atoms with E-state index in [9.17, 15) is 0 Å². The summed E-state index contributed by atoms with van der Waals surface area (Å²) in [6, 6.07) is 5.72. The van der Waals surface area contributed by atoms with Crippen LogP contribution in [0.3, 0.4) is 0 Å². The molecule has 72 valence electrons. The van der Waals surface area contributed by atoms with Crippen LogP contribution >= 0.6 is 11.6 Å². The van der Waals surface area contributed by atoms with Crippen molar-refractivity contribution in [3.05, 3.63) is 41.2 Å². The predicted molar refractivity (Wildman–Crippen MR) is 55.7 cm³/mol. The van der Waals surface area contributed by atoms with Gasteiger partial charge in [0.05, 0.1) is 18.1 Å². The Bertz CT molecular complexity index is 423. The predicted octanol–water partition coefficient (Wildman–Crippen LogP) is 2.48. The van der Waals surface area contributed by atoms with Crippen molar-refractivity contribution in [2.75, 3.05) is 0 Å². The molecule has 2 rings (SSSR count). The van der Waals surface area contributed by atoms with E-state index >= 15 is 0 Å². The molecule has 0 saturated heterocycles. The molecule has 0 bridgehead atoms. The molecule has 0 saturated carbocycles. The fraction of sp³-hybridized carbons (Fsp3) is 0.200. The fourth-order valence-electron chi connectivity index (χ4n) is 1.37. The van der Waals surface area contributed by atoms with E-state index in [1.165, 1.54) is 0 Å². The number of nitrogens with zero attached hydrogens (tertiary/aromatic N) is 3. The molecular formula is C10H10ClN3. The maximum atomic E-state index is 5.91. The summed E-state index contributed by atoms with van der Waals surface area (Å²) in [6.45, 7) is 2.08. The van der Waals surface area contributed by atoms with Gasteiger partial charge in [0, 0.05) is 5.02 Å². The van der Waals surface area contributed by atoms with Crippen molar-refractivity contribution in [2.24, 2.45) is 0 Å². The summed E-state index contributed by atoms with van der Waals surface area (Å²) in [7, 11) is 0. The van der Waals surface area contributed by atoms with Crippen LogP contribution in [0, 0.1) is 0 Å². The Labute approximate surface area is 87.3 Å². The summed E-state index contributed by atoms with van der Waals surface area (Å²) in [5.41, 5.74) is 2.13. The number of rotatable bonds is 2. The number of aryl methyl sites for hydroxylation is 1. The molecule has 0 spiro atoms. The first-order chi connectivity index (χ1) is 6.81. The van der Waals surface area contributed by atoms with Crippen LogP contribution in [-0.4, -0.2) is 15.0 Å². The fourth-order valence-corrected chi connectivity index (χ4v) is 1.57. The van der Waals surface area contributed by atoms with Crippen molar-refractivity contribution in [3.63, 3.8) is 0 Å². The van der Waals surface area contributed by atoms with E-state index in [1.54, 1.807) is 17.2 Å². The Hall–Kier alpha value is -1.35. The molecule has 0 fully saturated rings. The lowest BCUT2D eigenvalue weighted by molar-refractivity contribution is 0.742. The second-order valence-electron chi connectivity index (χ2n) is 2.95. The Balaban J connectivity index is 2.53. The number of hydrogen-bond acceptors (Lipinski definition) is 2. The molecule has 0 atom stereocenters. The van der Waals surface area contributed by atoms with Gasteiger partial charge in [-0.2, -0.15) is 15.0 Å². The zero-order chi connectivity index (χ0) is 9.97. The van der Waals surface area contributed by atoms with E-state index in [2.05, 4.69) is 17.1 Å². The lowest BCUT2D eigenvalue weighted by atomic mass is 10.1. The molecule has 4 heteroatoms. The molecule has 1 aromatic carbocycles. The van der Waals surface area contributed by atoms with E-state index in [0.717, 1.165) is 22.7 Å². The van der Waals surface area contributed by atoms with Gasteiger partial charge in [-0.1, -0.05) is 18.5 Å². The second-order valence-corrected chi connectivity index (χ2v) is 3.38. The number of aromatic nitrogens is 3. The van der Waals surface area contributed by atoms with Gasteiger partial charge < -0.3 is 0 Å². The molecule has 0 N–H and O–H groups in total. The largest absolute Gasteiger partial charge is 0.157 e. The molecule has 2 aromatic rings. The molecule has 1 heterocycles. The normalized spacial score (nSPS) is 10.4. The van der Waals surface area contributed by atoms with E-state index in [-0.39, 0.29) is 0 Å². The Morgan fingerprint density at radius 2 is 2.00 bits per heavy atom. The molecule has 3 nitrogen and oxygen atoms in total. The van der Waals surface area contributed by atoms with E-state index < -0.39 is 0 Å². The van der Waals surface area contributed by atoms with Gasteiger partial charge in [-0.15, -0.1) is 0 Å². The summed E-state index contributed by atoms with van der Waals surface area (Å²) in [4.78, 5) is 1.61. The summed E-state index contributed by atoms with van der Waals surface area (Å²) in [5.74, 6) is 0. The first kappa shape index (κ1) is 9.21. The summed E-state index contributed by atoms with van der Waals surface area (Å²) < 4.78 is 0. The number of hydrogen-bond donors (Lipinski definition) is 0. The van der Waals surface area contributed by atoms with Crippen LogP contribution in [0.15, 0.2) is 30.6 Å². The maximum absolute atomic E-state index is 5.91. The monoisotopic (exact) mass is 207 g/mol. The van der Waals surface area contributed by atoms with E-state index in [1.807, 2.05) is 18.2 Å². The van der Waals surface area contributed by atoms with Crippen molar-refractivity contribution in [1.82, 2.24) is 15.0 Å². The van der Waals surface area contributed by atoms with Gasteiger partial charge in [-0.25, -0.2) is 0 Å². The average molecular weight is 208 g/mol. The molecule has 0 aliphatic carbocycles. The Morgan fingerprint density at radius 1 is 1.29 bits per heavy atom. The number of halogens is 1. The molecule has 1 aromatic heterocycles. The lowest BCUT2D eigenvalue weighted by Gasteiger charge is -2.06. The van der Waals surface area contributed by atoms with Gasteiger partial charge in [0.25, 0.3) is 0 Å². The van der Waals surface area contributed by atoms with Gasteiger partial charge in [0.15, 0.2) is 0 Å². The second kappa shape index (κ2) is 3.80. The van der Waals surface area contributed by atoms with Crippen LogP contribution in [-0.2, 0) is 6.42 Å². The van der Waals surface area contributed by atoms with Crippen LogP contribution in [0.1, 0.15) is 12.5 Å². The van der Waals surface area contributed by atoms with Crippen molar-refractivity contribution < 1.29 is 0 Å². The van der Waals surface area contributed by atoms with Gasteiger partial charge >= 0.3 is 0 Å². The highest BCUT2D eigenvalue weighted by Crippen LogP contribution is 2.18. The van der Waals surface area contributed by atoms with Crippen LogP contribution in [0.4, 0.5) is 0 Å². The molecule has 0 aliphatic rings. The van der Waals surface area contributed by atoms with Gasteiger partial charge in [-0.05, 0) is 30.2 Å². The smallest absolute Gasteiger partial charge is 0.0889 e. The minimum Gasteiger partial charge on any atom is -0.157 e. The summed E-state index contributed by atoms with van der Waals surface area (Å²) in [5, 5.41) is 8.92. The quantitative estimate of drug-likeness (QED) is 0.758. The van der Waals surface area contributed by atoms with E-state index in [4.69, 9.17) is 11.6 Å². The van der Waals surface area contributed by atoms with Crippen molar-refractivity contribution in [2.45, 2.75) is 13.3 Å². The van der Waals surface area contributed by atoms with Gasteiger partial charge in [-0.3, -0.25) is 0 Å². The molecule has 0 aliphatic heterocycles. The standard InChI is InChI=1S/C10H10ClN3/c1-2-8-7-9(11)3-4-10(8)14-12-5-6-13-14/h3-7H,2H2,1H3. The highest BCUT2D eigenvalue weighted by Gasteiger charge is 2.04. The average Bonchev–Trinajstić information content (AvgIpc) is 2.70. The first-order valence-electron chi connectivity index (χ1n) is 4.46. The molecule has 0 radical (unpaired) electrons. The van der Waals surface area contributed by atoms with Crippen LogP contribution in [0.2, 0.25) is 5.02 Å². The first-order valence-corrected chi connectivity index (χ1v) is 4.84. The third-order valence-electron chi connectivity index (χ3n) is 2.06. The summed E-state index contributed by atoms with van der Waals surface area (Å²) in [6.07, 6.45) is 4.24. The van der Waals surface area contributed by atoms with Crippen LogP contribution < -0.4 is 0 Å². The van der Waals surface area contributed by atoms with Crippen molar-refractivity contribution >= 4 is 11.6 Å². The lowest BCUT2D eigenvalue weighted by Crippen LogP contribution is -2.02. The minimum atomic E-state index is 0.748. The minimum absolute atomic E-state index is 0.748. The zero-order valence-electron chi connectivity index (χ0n) is 7.81. The molecular weight excluding hydrogens is 198 g/mol. The highest BCUT2D eigenvalue weighted by molar-refractivity contribution is 6.30. The molecule has 0 unspecified atom stereocenters. The SMILES string of the molecule is CCc1cc(Cl)ccc1-n1nccn1. The van der Waals surface area contributed by atoms with Crippen molar-refractivity contribution in [3.8, 4) is 5.69 Å². The number of benzene rings is 1. The maximum Gasteiger partial charge on any atom is 0.0889 e. The third-order valence-corrected chi connectivity index (χ3v) is 2.29. The van der Waals surface area contributed by atoms with Gasteiger partial charge in [0.1, 0.15) is 0 Å². The van der Waals surface area contributed by atoms with Crippen molar-refractivity contribution in [1.29, 1.82) is 0 Å². The van der Waals surface area contributed by atoms with Gasteiger partial charge in [0.2, 0.25) is 0 Å². The summed E-state index contributed by atoms with van der Waals surface area (Å²) >= 11 is 5.91. The van der Waals surface area contributed by atoms with Crippen LogP contribution in [0.25, 0.3) is 5.69 Å². The Morgan fingerprint density at radius 3 is 2.64 bits per heavy atom. The Kier molecular flexibility index (Phi) is 2.50. The molecule has 14 heavy (non-hydrogen) atoms. The highest BCUT2D eigenvalue weighted by atomic mass is 35.5. The molecule has 0 amide bonds. The zero-order valence-corrected chi connectivity index (χ0v) is 8.57. The third kappa shape index (κ3) is 1.63. The topological polar surface area (TPSA) is 30.7 Å². The van der Waals surface area contributed by atoms with E-state index in [0.29, 0.717) is 0 Å². The van der Waals surface area contributed by atoms with Crippen LogP contribution in [0.5, 0.6) is 0 Å².